The number of halogens is 1. The molecular weight excluding hydrogens is 349 g/mol. The Bertz CT molecular complexity index is 713. The highest BCUT2D eigenvalue weighted by Gasteiger charge is 2.10. The van der Waals surface area contributed by atoms with Crippen LogP contribution in [0.1, 0.15) is 11.1 Å². The predicted octanol–water partition coefficient (Wildman–Crippen LogP) is 0.545. The highest BCUT2D eigenvalue weighted by atomic mass is 127. The zero-order valence-corrected chi connectivity index (χ0v) is 13.4. The minimum atomic E-state index is 0. The molecule has 0 amide bonds. The van der Waals surface area contributed by atoms with Crippen molar-refractivity contribution in [2.24, 2.45) is 7.05 Å². The highest BCUT2D eigenvalue weighted by Crippen LogP contribution is 2.31. The van der Waals surface area contributed by atoms with Gasteiger partial charge in [-0.05, 0) is 42.7 Å². The Hall–Kier alpha value is -1.36. The van der Waals surface area contributed by atoms with Crippen LogP contribution in [0.3, 0.4) is 0 Å². The van der Waals surface area contributed by atoms with E-state index < -0.39 is 0 Å². The summed E-state index contributed by atoms with van der Waals surface area (Å²) in [7, 11) is 2.02. The van der Waals surface area contributed by atoms with Gasteiger partial charge in [-0.2, -0.15) is 0 Å². The molecule has 0 N–H and O–H groups in total. The molecule has 1 aromatic carbocycles. The van der Waals surface area contributed by atoms with Crippen molar-refractivity contribution in [2.75, 3.05) is 0 Å². The van der Waals surface area contributed by atoms with Crippen LogP contribution in [0.2, 0.25) is 0 Å². The van der Waals surface area contributed by atoms with Gasteiger partial charge in [-0.1, -0.05) is 0 Å². The van der Waals surface area contributed by atoms with Crippen LogP contribution < -0.4 is 28.5 Å². The average Bonchev–Trinajstić information content (AvgIpc) is 2.74. The standard InChI is InChI=1S/C16H16NO.HI/c1-11-8-14-15(10-18-16(14)9-12(11)2)13-4-6-17(3)7-5-13;/h4-10H,1-3H3;1H/q+1;/p-1. The number of nitrogens with zero attached hydrogens (tertiary/aromatic N) is 1. The summed E-state index contributed by atoms with van der Waals surface area (Å²) in [6.07, 6.45) is 5.95. The molecule has 3 aromatic rings. The van der Waals surface area contributed by atoms with Crippen molar-refractivity contribution in [3.63, 3.8) is 0 Å². The molecule has 98 valence electrons. The van der Waals surface area contributed by atoms with Crippen LogP contribution in [-0.4, -0.2) is 0 Å². The first kappa shape index (κ1) is 14.1. The van der Waals surface area contributed by atoms with Crippen LogP contribution in [0.25, 0.3) is 22.1 Å². The molecule has 0 fully saturated rings. The predicted molar refractivity (Wildman–Crippen MR) is 72.3 cm³/mol. The van der Waals surface area contributed by atoms with E-state index in [9.17, 15) is 0 Å². The van der Waals surface area contributed by atoms with Gasteiger partial charge < -0.3 is 28.4 Å². The van der Waals surface area contributed by atoms with Gasteiger partial charge in [0.25, 0.3) is 0 Å². The second-order valence-corrected chi connectivity index (χ2v) is 4.83. The van der Waals surface area contributed by atoms with Crippen molar-refractivity contribution in [3.8, 4) is 11.1 Å². The number of fused-ring (bicyclic) bond motifs is 1. The minimum Gasteiger partial charge on any atom is -1.00 e. The van der Waals surface area contributed by atoms with Gasteiger partial charge in [-0.3, -0.25) is 0 Å². The molecular formula is C16H16INO. The minimum absolute atomic E-state index is 0. The largest absolute Gasteiger partial charge is 1.00 e. The Morgan fingerprint density at radius 3 is 2.32 bits per heavy atom. The van der Waals surface area contributed by atoms with Crippen molar-refractivity contribution in [1.82, 2.24) is 0 Å². The Kier molecular flexibility index (Phi) is 3.94. The summed E-state index contributed by atoms with van der Waals surface area (Å²) in [5.74, 6) is 0. The second-order valence-electron chi connectivity index (χ2n) is 4.83. The lowest BCUT2D eigenvalue weighted by molar-refractivity contribution is -0.671. The third-order valence-electron chi connectivity index (χ3n) is 3.48. The van der Waals surface area contributed by atoms with Crippen molar-refractivity contribution in [3.05, 3.63) is 54.0 Å². The summed E-state index contributed by atoms with van der Waals surface area (Å²) >= 11 is 0. The first-order chi connectivity index (χ1) is 8.65. The highest BCUT2D eigenvalue weighted by molar-refractivity contribution is 5.94. The Morgan fingerprint density at radius 2 is 1.63 bits per heavy atom. The summed E-state index contributed by atoms with van der Waals surface area (Å²) in [6, 6.07) is 8.53. The van der Waals surface area contributed by atoms with Crippen LogP contribution in [0.15, 0.2) is 47.3 Å². The molecule has 3 rings (SSSR count). The molecule has 0 unspecified atom stereocenters. The molecule has 19 heavy (non-hydrogen) atoms. The molecule has 3 heteroatoms. The molecule has 0 saturated carbocycles. The number of aromatic nitrogens is 1. The van der Waals surface area contributed by atoms with E-state index in [1.54, 1.807) is 0 Å². The Balaban J connectivity index is 0.00000133. The zero-order valence-electron chi connectivity index (χ0n) is 11.3. The first-order valence-corrected chi connectivity index (χ1v) is 6.09. The molecule has 0 aliphatic heterocycles. The summed E-state index contributed by atoms with van der Waals surface area (Å²) in [6.45, 7) is 4.25. The van der Waals surface area contributed by atoms with Crippen LogP contribution in [0.4, 0.5) is 0 Å². The molecule has 2 heterocycles. The number of hydrogen-bond acceptors (Lipinski definition) is 1. The van der Waals surface area contributed by atoms with E-state index in [1.165, 1.54) is 22.1 Å². The molecule has 0 aliphatic carbocycles. The maximum absolute atomic E-state index is 5.66. The van der Waals surface area contributed by atoms with E-state index in [0.717, 1.165) is 11.1 Å². The van der Waals surface area contributed by atoms with Crippen LogP contribution in [0, 0.1) is 13.8 Å². The molecule has 2 nitrogen and oxygen atoms in total. The molecule has 2 aromatic heterocycles. The van der Waals surface area contributed by atoms with Crippen LogP contribution >= 0.6 is 0 Å². The number of aryl methyl sites for hydroxylation is 3. The Morgan fingerprint density at radius 1 is 1.00 bits per heavy atom. The maximum Gasteiger partial charge on any atom is 0.169 e. The van der Waals surface area contributed by atoms with Crippen LogP contribution in [0.5, 0.6) is 0 Å². The maximum atomic E-state index is 5.66. The van der Waals surface area contributed by atoms with Gasteiger partial charge in [0, 0.05) is 23.1 Å². The summed E-state index contributed by atoms with van der Waals surface area (Å²) < 4.78 is 7.69. The van der Waals surface area contributed by atoms with Gasteiger partial charge in [0.15, 0.2) is 12.4 Å². The average molecular weight is 365 g/mol. The van der Waals surface area contributed by atoms with Gasteiger partial charge in [-0.15, -0.1) is 0 Å². The molecule has 0 saturated heterocycles. The van der Waals surface area contributed by atoms with Crippen molar-refractivity contribution >= 4 is 11.0 Å². The lowest BCUT2D eigenvalue weighted by Crippen LogP contribution is -3.00. The van der Waals surface area contributed by atoms with E-state index in [1.807, 2.05) is 17.9 Å². The summed E-state index contributed by atoms with van der Waals surface area (Å²) in [5.41, 5.74) is 5.87. The molecule has 0 aliphatic rings. The quantitative estimate of drug-likeness (QED) is 0.455. The fourth-order valence-electron chi connectivity index (χ4n) is 2.19. The van der Waals surface area contributed by atoms with E-state index in [2.05, 4.69) is 50.5 Å². The summed E-state index contributed by atoms with van der Waals surface area (Å²) in [4.78, 5) is 0. The molecule has 0 spiro atoms. The van der Waals surface area contributed by atoms with E-state index in [4.69, 9.17) is 4.42 Å². The smallest absolute Gasteiger partial charge is 0.169 e. The Labute approximate surface area is 130 Å². The topological polar surface area (TPSA) is 17.0 Å². The lowest BCUT2D eigenvalue weighted by Gasteiger charge is -2.01. The summed E-state index contributed by atoms with van der Waals surface area (Å²) in [5, 5.41) is 1.19. The van der Waals surface area contributed by atoms with E-state index in [-0.39, 0.29) is 24.0 Å². The number of furan rings is 1. The van der Waals surface area contributed by atoms with Gasteiger partial charge in [0.1, 0.15) is 12.6 Å². The third-order valence-corrected chi connectivity index (χ3v) is 3.48. The third kappa shape index (κ3) is 2.52. The normalized spacial score (nSPS) is 10.5. The fourth-order valence-corrected chi connectivity index (χ4v) is 2.19. The van der Waals surface area contributed by atoms with Gasteiger partial charge in [-0.25, -0.2) is 4.57 Å². The monoisotopic (exact) mass is 365 g/mol. The van der Waals surface area contributed by atoms with Crippen LogP contribution in [-0.2, 0) is 7.05 Å². The van der Waals surface area contributed by atoms with Crippen molar-refractivity contribution < 1.29 is 33.0 Å². The van der Waals surface area contributed by atoms with Gasteiger partial charge >= 0.3 is 0 Å². The molecule has 0 radical (unpaired) electrons. The number of hydrogen-bond donors (Lipinski definition) is 0. The first-order valence-electron chi connectivity index (χ1n) is 6.09. The number of pyridine rings is 1. The number of rotatable bonds is 1. The van der Waals surface area contributed by atoms with Gasteiger partial charge in [0.05, 0.1) is 6.26 Å². The van der Waals surface area contributed by atoms with Crippen molar-refractivity contribution in [2.45, 2.75) is 13.8 Å². The van der Waals surface area contributed by atoms with E-state index in [0.29, 0.717) is 0 Å². The van der Waals surface area contributed by atoms with Crippen molar-refractivity contribution in [1.29, 1.82) is 0 Å². The molecule has 0 bridgehead atoms. The fraction of sp³-hybridized carbons (Fsp3) is 0.188. The SMILES string of the molecule is Cc1cc2occ(-c3cc[n+](C)cc3)c2cc1C.[I-]. The second kappa shape index (κ2) is 5.33. The number of benzene rings is 1. The lowest BCUT2D eigenvalue weighted by atomic mass is 10.0. The molecule has 0 atom stereocenters. The van der Waals surface area contributed by atoms with Gasteiger partial charge in [0.2, 0.25) is 0 Å². The zero-order chi connectivity index (χ0) is 12.7. The van der Waals surface area contributed by atoms with E-state index >= 15 is 0 Å².